The van der Waals surface area contributed by atoms with Gasteiger partial charge in [-0.3, -0.25) is 4.79 Å². The maximum atomic E-state index is 12.5. The molecule has 0 radical (unpaired) electrons. The molecule has 1 aliphatic rings. The van der Waals surface area contributed by atoms with Crippen LogP contribution in [0.5, 0.6) is 11.5 Å². The van der Waals surface area contributed by atoms with Gasteiger partial charge in [-0.2, -0.15) is 5.10 Å². The number of carbonyl (C=O) groups excluding carboxylic acids is 1. The summed E-state index contributed by atoms with van der Waals surface area (Å²) in [6, 6.07) is 15.2. The minimum atomic E-state index is -0.377. The monoisotopic (exact) mass is 368 g/mol. The van der Waals surface area contributed by atoms with Crippen LogP contribution in [0.1, 0.15) is 24.1 Å². The molecule has 3 N–H and O–H groups in total. The van der Waals surface area contributed by atoms with E-state index in [1.54, 1.807) is 32.6 Å². The Balaban J connectivity index is 1.60. The first-order chi connectivity index (χ1) is 13.1. The van der Waals surface area contributed by atoms with Crippen LogP contribution >= 0.6 is 0 Å². The van der Waals surface area contributed by atoms with Gasteiger partial charge in [-0.15, -0.1) is 0 Å². The fourth-order valence-electron chi connectivity index (χ4n) is 3.16. The highest BCUT2D eigenvalue weighted by molar-refractivity contribution is 5.85. The fourth-order valence-corrected chi connectivity index (χ4v) is 3.16. The summed E-state index contributed by atoms with van der Waals surface area (Å²) in [4.78, 5) is 12.5. The van der Waals surface area contributed by atoms with Crippen LogP contribution in [0.4, 0.5) is 0 Å². The summed E-state index contributed by atoms with van der Waals surface area (Å²) in [5.41, 5.74) is 10.8. The first-order valence-electron chi connectivity index (χ1n) is 8.75. The molecule has 1 amide bonds. The molecule has 142 valence electrons. The van der Waals surface area contributed by atoms with Crippen molar-refractivity contribution >= 4 is 12.1 Å². The molecule has 3 atom stereocenters. The third-order valence-corrected chi connectivity index (χ3v) is 4.68. The predicted molar refractivity (Wildman–Crippen MR) is 104 cm³/mol. The van der Waals surface area contributed by atoms with Gasteiger partial charge in [-0.1, -0.05) is 37.3 Å². The van der Waals surface area contributed by atoms with Crippen molar-refractivity contribution in [3.05, 3.63) is 59.7 Å². The van der Waals surface area contributed by atoms with Gasteiger partial charge in [0.1, 0.15) is 6.04 Å². The van der Waals surface area contributed by atoms with Crippen molar-refractivity contribution in [1.29, 1.82) is 0 Å². The van der Waals surface area contributed by atoms with Gasteiger partial charge in [-0.25, -0.2) is 16.3 Å². The SMILES string of the molecule is COc1ccc(/C=N/NC(=O)C2NNC(c3ccccc3)C2C)cc1OC. The van der Waals surface area contributed by atoms with E-state index in [-0.39, 0.29) is 23.9 Å². The van der Waals surface area contributed by atoms with E-state index in [0.29, 0.717) is 11.5 Å². The van der Waals surface area contributed by atoms with Crippen LogP contribution in [-0.2, 0) is 4.79 Å². The number of nitrogens with one attached hydrogen (secondary N) is 3. The lowest BCUT2D eigenvalue weighted by Gasteiger charge is -2.17. The number of ether oxygens (including phenoxy) is 2. The maximum absolute atomic E-state index is 12.5. The van der Waals surface area contributed by atoms with E-state index >= 15 is 0 Å². The molecule has 3 rings (SSSR count). The van der Waals surface area contributed by atoms with Gasteiger partial charge in [0.2, 0.25) is 0 Å². The third-order valence-electron chi connectivity index (χ3n) is 4.68. The molecule has 27 heavy (non-hydrogen) atoms. The summed E-state index contributed by atoms with van der Waals surface area (Å²) in [7, 11) is 3.15. The molecule has 2 aromatic carbocycles. The standard InChI is InChI=1S/C20H24N4O3/c1-13-18(15-7-5-4-6-8-15)22-23-19(13)20(25)24-21-12-14-9-10-16(26-2)17(11-14)27-3/h4-13,18-19,22-23H,1-3H3,(H,24,25)/b21-12+. The number of rotatable bonds is 6. The molecule has 0 spiro atoms. The normalized spacial score (nSPS) is 22.0. The Hall–Kier alpha value is -2.90. The molecule has 3 unspecified atom stereocenters. The number of nitrogens with zero attached hydrogens (tertiary/aromatic N) is 1. The number of hydrazone groups is 1. The molecular weight excluding hydrogens is 344 g/mol. The number of hydrogen-bond acceptors (Lipinski definition) is 6. The average Bonchev–Trinajstić information content (AvgIpc) is 3.09. The van der Waals surface area contributed by atoms with Crippen LogP contribution in [0.15, 0.2) is 53.6 Å². The smallest absolute Gasteiger partial charge is 0.258 e. The second kappa shape index (κ2) is 8.66. The van der Waals surface area contributed by atoms with Crippen LogP contribution in [0.2, 0.25) is 0 Å². The van der Waals surface area contributed by atoms with Crippen molar-refractivity contribution in [2.24, 2.45) is 11.0 Å². The molecule has 0 saturated carbocycles. The van der Waals surface area contributed by atoms with Crippen LogP contribution in [0.25, 0.3) is 0 Å². The van der Waals surface area contributed by atoms with E-state index in [4.69, 9.17) is 9.47 Å². The molecule has 1 heterocycles. The van der Waals surface area contributed by atoms with Crippen LogP contribution in [0.3, 0.4) is 0 Å². The first kappa shape index (κ1) is 18.9. The minimum absolute atomic E-state index is 0.0665. The van der Waals surface area contributed by atoms with Crippen molar-refractivity contribution < 1.29 is 14.3 Å². The van der Waals surface area contributed by atoms with E-state index in [0.717, 1.165) is 11.1 Å². The van der Waals surface area contributed by atoms with Crippen molar-refractivity contribution in [2.75, 3.05) is 14.2 Å². The summed E-state index contributed by atoms with van der Waals surface area (Å²) in [6.07, 6.45) is 1.57. The highest BCUT2D eigenvalue weighted by Gasteiger charge is 2.37. The molecule has 1 saturated heterocycles. The molecule has 7 heteroatoms. The predicted octanol–water partition coefficient (Wildman–Crippen LogP) is 2.01. The number of amides is 1. The molecule has 0 aromatic heterocycles. The number of hydrazine groups is 1. The second-order valence-corrected chi connectivity index (χ2v) is 6.36. The largest absolute Gasteiger partial charge is 0.493 e. The van der Waals surface area contributed by atoms with Gasteiger partial charge in [0.25, 0.3) is 5.91 Å². The maximum Gasteiger partial charge on any atom is 0.258 e. The van der Waals surface area contributed by atoms with E-state index < -0.39 is 0 Å². The van der Waals surface area contributed by atoms with E-state index in [1.165, 1.54) is 0 Å². The molecule has 2 aromatic rings. The van der Waals surface area contributed by atoms with Crippen LogP contribution < -0.4 is 25.8 Å². The zero-order valence-corrected chi connectivity index (χ0v) is 15.6. The fraction of sp³-hybridized carbons (Fsp3) is 0.300. The highest BCUT2D eigenvalue weighted by atomic mass is 16.5. The Morgan fingerprint density at radius 3 is 2.52 bits per heavy atom. The summed E-state index contributed by atoms with van der Waals surface area (Å²) < 4.78 is 10.5. The van der Waals surface area contributed by atoms with Gasteiger partial charge in [-0.05, 0) is 29.3 Å². The van der Waals surface area contributed by atoms with Crippen molar-refractivity contribution in [3.63, 3.8) is 0 Å². The number of carbonyl (C=O) groups is 1. The van der Waals surface area contributed by atoms with Crippen molar-refractivity contribution in [1.82, 2.24) is 16.3 Å². The van der Waals surface area contributed by atoms with E-state index in [9.17, 15) is 4.79 Å². The van der Waals surface area contributed by atoms with Crippen molar-refractivity contribution in [3.8, 4) is 11.5 Å². The van der Waals surface area contributed by atoms with Gasteiger partial charge in [0, 0.05) is 5.92 Å². The quantitative estimate of drug-likeness (QED) is 0.537. The first-order valence-corrected chi connectivity index (χ1v) is 8.75. The lowest BCUT2D eigenvalue weighted by Crippen LogP contribution is -2.43. The Labute approximate surface area is 158 Å². The molecule has 0 aliphatic carbocycles. The average molecular weight is 368 g/mol. The highest BCUT2D eigenvalue weighted by Crippen LogP contribution is 2.28. The zero-order chi connectivity index (χ0) is 19.2. The number of hydrogen-bond donors (Lipinski definition) is 3. The summed E-state index contributed by atoms with van der Waals surface area (Å²) >= 11 is 0. The second-order valence-electron chi connectivity index (χ2n) is 6.36. The number of methoxy groups -OCH3 is 2. The van der Waals surface area contributed by atoms with Gasteiger partial charge >= 0.3 is 0 Å². The molecule has 0 bridgehead atoms. The van der Waals surface area contributed by atoms with Gasteiger partial charge in [0.15, 0.2) is 11.5 Å². The summed E-state index contributed by atoms with van der Waals surface area (Å²) in [5.74, 6) is 1.13. The van der Waals surface area contributed by atoms with E-state index in [2.05, 4.69) is 21.4 Å². The van der Waals surface area contributed by atoms with Crippen LogP contribution in [-0.4, -0.2) is 32.4 Å². The Kier molecular flexibility index (Phi) is 6.05. The topological polar surface area (TPSA) is 84.0 Å². The Morgan fingerprint density at radius 2 is 1.81 bits per heavy atom. The zero-order valence-electron chi connectivity index (χ0n) is 15.6. The van der Waals surface area contributed by atoms with E-state index in [1.807, 2.05) is 43.3 Å². The van der Waals surface area contributed by atoms with Gasteiger partial charge < -0.3 is 9.47 Å². The molecule has 1 aliphatic heterocycles. The molecular formula is C20H24N4O3. The molecule has 7 nitrogen and oxygen atoms in total. The molecule has 1 fully saturated rings. The third kappa shape index (κ3) is 4.27. The van der Waals surface area contributed by atoms with Crippen LogP contribution in [0, 0.1) is 5.92 Å². The summed E-state index contributed by atoms with van der Waals surface area (Å²) in [6.45, 7) is 2.03. The Bertz CT molecular complexity index is 810. The Morgan fingerprint density at radius 1 is 1.07 bits per heavy atom. The number of benzene rings is 2. The lowest BCUT2D eigenvalue weighted by atomic mass is 9.91. The summed E-state index contributed by atoms with van der Waals surface area (Å²) in [5, 5.41) is 4.06. The minimum Gasteiger partial charge on any atom is -0.493 e. The lowest BCUT2D eigenvalue weighted by molar-refractivity contribution is -0.123. The van der Waals surface area contributed by atoms with Gasteiger partial charge in [0.05, 0.1) is 26.5 Å². The van der Waals surface area contributed by atoms with Crippen molar-refractivity contribution in [2.45, 2.75) is 19.0 Å².